The van der Waals surface area contributed by atoms with Crippen LogP contribution >= 0.6 is 0 Å². The van der Waals surface area contributed by atoms with Crippen molar-refractivity contribution in [1.29, 1.82) is 0 Å². The molecule has 0 bridgehead atoms. The van der Waals surface area contributed by atoms with Gasteiger partial charge in [0.2, 0.25) is 5.91 Å². The normalized spacial score (nSPS) is 36.3. The predicted octanol–water partition coefficient (Wildman–Crippen LogP) is 2.66. The lowest BCUT2D eigenvalue weighted by Gasteiger charge is -2.43. The number of rotatable bonds is 3. The van der Waals surface area contributed by atoms with Crippen molar-refractivity contribution in [3.63, 3.8) is 0 Å². The molecule has 0 aromatic carbocycles. The first-order valence-corrected chi connectivity index (χ1v) is 8.07. The molecule has 2 aliphatic rings. The Bertz CT molecular complexity index is 294. The van der Waals surface area contributed by atoms with Crippen molar-refractivity contribution < 1.29 is 4.79 Å². The highest BCUT2D eigenvalue weighted by atomic mass is 16.2. The molecule has 19 heavy (non-hydrogen) atoms. The van der Waals surface area contributed by atoms with Crippen molar-refractivity contribution in [1.82, 2.24) is 10.2 Å². The molecule has 1 N–H and O–H groups in total. The van der Waals surface area contributed by atoms with Gasteiger partial charge in [-0.2, -0.15) is 0 Å². The van der Waals surface area contributed by atoms with Gasteiger partial charge >= 0.3 is 0 Å². The first-order valence-electron chi connectivity index (χ1n) is 8.07. The monoisotopic (exact) mass is 266 g/mol. The minimum atomic E-state index is -0.107. The van der Waals surface area contributed by atoms with Gasteiger partial charge in [-0.25, -0.2) is 0 Å². The lowest BCUT2D eigenvalue weighted by atomic mass is 9.75. The molecule has 0 spiro atoms. The van der Waals surface area contributed by atoms with Gasteiger partial charge in [-0.1, -0.05) is 27.2 Å². The molecule has 2 rings (SSSR count). The van der Waals surface area contributed by atoms with Crippen LogP contribution in [-0.2, 0) is 4.79 Å². The molecule has 3 heteroatoms. The summed E-state index contributed by atoms with van der Waals surface area (Å²) in [5.41, 5.74) is -0.107. The highest BCUT2D eigenvalue weighted by molar-refractivity contribution is 5.83. The first-order chi connectivity index (χ1) is 9.07. The van der Waals surface area contributed by atoms with E-state index in [-0.39, 0.29) is 5.41 Å². The average Bonchev–Trinajstić information content (AvgIpc) is 2.38. The number of carbonyl (C=O) groups excluding carboxylic acids is 1. The van der Waals surface area contributed by atoms with Crippen molar-refractivity contribution in [2.45, 2.75) is 52.9 Å². The van der Waals surface area contributed by atoms with Crippen LogP contribution in [0.25, 0.3) is 0 Å². The fourth-order valence-corrected chi connectivity index (χ4v) is 4.11. The van der Waals surface area contributed by atoms with Crippen molar-refractivity contribution in [2.75, 3.05) is 26.2 Å². The standard InChI is InChI=1S/C16H30N2O/c1-4-6-16(7-5-8-17-12-16)15(19)18-10-13(2)9-14(3)11-18/h13-14,17H,4-12H2,1-3H3. The molecule has 3 atom stereocenters. The third-order valence-corrected chi connectivity index (χ3v) is 4.81. The Morgan fingerprint density at radius 3 is 2.53 bits per heavy atom. The Morgan fingerprint density at radius 2 is 2.00 bits per heavy atom. The van der Waals surface area contributed by atoms with Gasteiger partial charge in [0.15, 0.2) is 0 Å². The molecule has 0 aromatic rings. The molecule has 0 saturated carbocycles. The maximum atomic E-state index is 13.0. The predicted molar refractivity (Wildman–Crippen MR) is 79.0 cm³/mol. The molecular weight excluding hydrogens is 236 g/mol. The maximum Gasteiger partial charge on any atom is 0.230 e. The number of carbonyl (C=O) groups is 1. The highest BCUT2D eigenvalue weighted by Crippen LogP contribution is 2.35. The molecule has 0 radical (unpaired) electrons. The van der Waals surface area contributed by atoms with Crippen LogP contribution in [0.5, 0.6) is 0 Å². The molecule has 0 aromatic heterocycles. The Labute approximate surface area is 118 Å². The molecule has 3 unspecified atom stereocenters. The van der Waals surface area contributed by atoms with Crippen LogP contribution < -0.4 is 5.32 Å². The smallest absolute Gasteiger partial charge is 0.230 e. The minimum Gasteiger partial charge on any atom is -0.342 e. The van der Waals surface area contributed by atoms with Crippen LogP contribution in [0, 0.1) is 17.3 Å². The number of nitrogens with one attached hydrogen (secondary N) is 1. The summed E-state index contributed by atoms with van der Waals surface area (Å²) >= 11 is 0. The summed E-state index contributed by atoms with van der Waals surface area (Å²) < 4.78 is 0. The van der Waals surface area contributed by atoms with E-state index in [1.54, 1.807) is 0 Å². The fraction of sp³-hybridized carbons (Fsp3) is 0.938. The second-order valence-electron chi connectivity index (χ2n) is 6.97. The molecule has 2 fully saturated rings. The number of nitrogens with zero attached hydrogens (tertiary/aromatic N) is 1. The van der Waals surface area contributed by atoms with Gasteiger partial charge in [0.25, 0.3) is 0 Å². The third kappa shape index (κ3) is 3.31. The molecular formula is C16H30N2O. The van der Waals surface area contributed by atoms with E-state index in [0.29, 0.717) is 17.7 Å². The largest absolute Gasteiger partial charge is 0.342 e. The van der Waals surface area contributed by atoms with Crippen LogP contribution in [-0.4, -0.2) is 37.0 Å². The second-order valence-corrected chi connectivity index (χ2v) is 6.97. The Balaban J connectivity index is 2.10. The van der Waals surface area contributed by atoms with E-state index in [0.717, 1.165) is 51.9 Å². The van der Waals surface area contributed by atoms with Crippen molar-refractivity contribution >= 4 is 5.91 Å². The summed E-state index contributed by atoms with van der Waals surface area (Å²) in [6.07, 6.45) is 5.63. The van der Waals surface area contributed by atoms with Crippen LogP contribution in [0.15, 0.2) is 0 Å². The van der Waals surface area contributed by atoms with Gasteiger partial charge in [0, 0.05) is 19.6 Å². The van der Waals surface area contributed by atoms with Gasteiger partial charge in [0.05, 0.1) is 5.41 Å². The summed E-state index contributed by atoms with van der Waals surface area (Å²) in [4.78, 5) is 15.2. The number of likely N-dealkylation sites (tertiary alicyclic amines) is 1. The summed E-state index contributed by atoms with van der Waals surface area (Å²) in [6, 6.07) is 0. The lowest BCUT2D eigenvalue weighted by molar-refractivity contribution is -0.146. The Morgan fingerprint density at radius 1 is 1.32 bits per heavy atom. The number of piperidine rings is 2. The van der Waals surface area contributed by atoms with E-state index in [4.69, 9.17) is 0 Å². The lowest BCUT2D eigenvalue weighted by Crippen LogP contribution is -2.54. The first kappa shape index (κ1) is 14.8. The van der Waals surface area contributed by atoms with E-state index >= 15 is 0 Å². The molecule has 0 aliphatic carbocycles. The maximum absolute atomic E-state index is 13.0. The van der Waals surface area contributed by atoms with Crippen LogP contribution in [0.3, 0.4) is 0 Å². The molecule has 1 amide bonds. The van der Waals surface area contributed by atoms with Gasteiger partial charge in [0.1, 0.15) is 0 Å². The van der Waals surface area contributed by atoms with E-state index in [1.807, 2.05) is 0 Å². The SMILES string of the molecule is CCCC1(C(=O)N2CC(C)CC(C)C2)CCCNC1. The molecule has 2 saturated heterocycles. The summed E-state index contributed by atoms with van der Waals surface area (Å²) in [5, 5.41) is 3.46. The van der Waals surface area contributed by atoms with Crippen molar-refractivity contribution in [3.05, 3.63) is 0 Å². The highest BCUT2D eigenvalue weighted by Gasteiger charge is 2.42. The zero-order chi connectivity index (χ0) is 13.9. The summed E-state index contributed by atoms with van der Waals surface area (Å²) in [5.74, 6) is 1.74. The van der Waals surface area contributed by atoms with Crippen LogP contribution in [0.4, 0.5) is 0 Å². The molecule has 3 nitrogen and oxygen atoms in total. The van der Waals surface area contributed by atoms with Gasteiger partial charge in [-0.15, -0.1) is 0 Å². The number of hydrogen-bond donors (Lipinski definition) is 1. The van der Waals surface area contributed by atoms with Gasteiger partial charge in [-0.05, 0) is 44.1 Å². The Kier molecular flexibility index (Phi) is 4.88. The topological polar surface area (TPSA) is 32.3 Å². The average molecular weight is 266 g/mol. The number of hydrogen-bond acceptors (Lipinski definition) is 2. The van der Waals surface area contributed by atoms with Crippen molar-refractivity contribution in [2.24, 2.45) is 17.3 Å². The quantitative estimate of drug-likeness (QED) is 0.852. The minimum absolute atomic E-state index is 0.107. The van der Waals surface area contributed by atoms with Gasteiger partial charge < -0.3 is 10.2 Å². The zero-order valence-corrected chi connectivity index (χ0v) is 12.9. The van der Waals surface area contributed by atoms with Gasteiger partial charge in [-0.3, -0.25) is 4.79 Å². The van der Waals surface area contributed by atoms with E-state index in [1.165, 1.54) is 6.42 Å². The zero-order valence-electron chi connectivity index (χ0n) is 12.9. The van der Waals surface area contributed by atoms with Crippen LogP contribution in [0.2, 0.25) is 0 Å². The van der Waals surface area contributed by atoms with E-state index in [2.05, 4.69) is 31.0 Å². The summed E-state index contributed by atoms with van der Waals surface area (Å²) in [6.45, 7) is 10.7. The second kappa shape index (κ2) is 6.25. The molecule has 110 valence electrons. The summed E-state index contributed by atoms with van der Waals surface area (Å²) in [7, 11) is 0. The Hall–Kier alpha value is -0.570. The third-order valence-electron chi connectivity index (χ3n) is 4.81. The van der Waals surface area contributed by atoms with Crippen molar-refractivity contribution in [3.8, 4) is 0 Å². The fourth-order valence-electron chi connectivity index (χ4n) is 4.11. The molecule has 2 heterocycles. The van der Waals surface area contributed by atoms with E-state index in [9.17, 15) is 4.79 Å². The number of amides is 1. The molecule has 2 aliphatic heterocycles. The van der Waals surface area contributed by atoms with E-state index < -0.39 is 0 Å². The van der Waals surface area contributed by atoms with Crippen LogP contribution in [0.1, 0.15) is 52.9 Å².